The van der Waals surface area contributed by atoms with Crippen LogP contribution in [0.4, 0.5) is 10.1 Å². The number of benzene rings is 1. The predicted molar refractivity (Wildman–Crippen MR) is 66.0 cm³/mol. The van der Waals surface area contributed by atoms with Crippen LogP contribution in [0.25, 0.3) is 0 Å². The molecule has 0 saturated heterocycles. The quantitative estimate of drug-likeness (QED) is 0.629. The zero-order valence-corrected chi connectivity index (χ0v) is 9.36. The Bertz CT molecular complexity index is 444. The third kappa shape index (κ3) is 2.73. The van der Waals surface area contributed by atoms with Crippen LogP contribution in [0.15, 0.2) is 48.7 Å². The maximum absolute atomic E-state index is 12.7. The van der Waals surface area contributed by atoms with Crippen molar-refractivity contribution >= 4 is 18.3 Å². The van der Waals surface area contributed by atoms with Crippen LogP contribution in [-0.4, -0.2) is 4.98 Å². The first-order chi connectivity index (χ1) is 7.75. The summed E-state index contributed by atoms with van der Waals surface area (Å²) < 4.78 is 12.7. The molecule has 2 nitrogen and oxygen atoms in total. The van der Waals surface area contributed by atoms with E-state index in [0.29, 0.717) is 0 Å². The highest BCUT2D eigenvalue weighted by atomic mass is 32.1. The molecule has 0 aliphatic rings. The Morgan fingerprint density at radius 3 is 2.50 bits per heavy atom. The normalized spacial score (nSPS) is 12.1. The zero-order valence-electron chi connectivity index (χ0n) is 8.47. The average Bonchev–Trinajstić information content (AvgIpc) is 2.33. The Kier molecular flexibility index (Phi) is 3.41. The van der Waals surface area contributed by atoms with Crippen LogP contribution in [0.5, 0.6) is 0 Å². The highest BCUT2D eigenvalue weighted by Crippen LogP contribution is 2.20. The van der Waals surface area contributed by atoms with Gasteiger partial charge in [-0.15, -0.1) is 12.6 Å². The van der Waals surface area contributed by atoms with Crippen molar-refractivity contribution in [2.24, 2.45) is 0 Å². The van der Waals surface area contributed by atoms with Gasteiger partial charge in [0.2, 0.25) is 0 Å². The molecule has 0 fully saturated rings. The van der Waals surface area contributed by atoms with Crippen molar-refractivity contribution in [1.82, 2.24) is 4.98 Å². The molecular weight excluding hydrogens is 223 g/mol. The number of anilines is 1. The molecule has 16 heavy (non-hydrogen) atoms. The van der Waals surface area contributed by atoms with E-state index in [9.17, 15) is 4.39 Å². The van der Waals surface area contributed by atoms with Gasteiger partial charge in [-0.3, -0.25) is 4.98 Å². The van der Waals surface area contributed by atoms with Gasteiger partial charge >= 0.3 is 0 Å². The molecule has 82 valence electrons. The van der Waals surface area contributed by atoms with Crippen LogP contribution in [-0.2, 0) is 0 Å². The molecule has 0 amide bonds. The monoisotopic (exact) mass is 234 g/mol. The van der Waals surface area contributed by atoms with Gasteiger partial charge in [0.1, 0.15) is 11.2 Å². The minimum Gasteiger partial charge on any atom is -0.368 e. The van der Waals surface area contributed by atoms with Crippen LogP contribution in [0.1, 0.15) is 11.1 Å². The minimum atomic E-state index is -0.251. The fourth-order valence-corrected chi connectivity index (χ4v) is 1.62. The van der Waals surface area contributed by atoms with Crippen LogP contribution >= 0.6 is 12.6 Å². The molecule has 0 spiro atoms. The summed E-state index contributed by atoms with van der Waals surface area (Å²) in [7, 11) is 0. The van der Waals surface area contributed by atoms with Gasteiger partial charge in [-0.1, -0.05) is 6.07 Å². The third-order valence-electron chi connectivity index (χ3n) is 2.12. The largest absolute Gasteiger partial charge is 0.368 e. The van der Waals surface area contributed by atoms with Gasteiger partial charge in [0, 0.05) is 11.9 Å². The first kappa shape index (κ1) is 11.0. The summed E-state index contributed by atoms with van der Waals surface area (Å²) in [6, 6.07) is 11.8. The first-order valence-corrected chi connectivity index (χ1v) is 5.38. The van der Waals surface area contributed by atoms with Crippen molar-refractivity contribution < 1.29 is 4.39 Å². The lowest BCUT2D eigenvalue weighted by Crippen LogP contribution is -2.05. The smallest absolute Gasteiger partial charge is 0.123 e. The summed E-state index contributed by atoms with van der Waals surface area (Å²) in [6.07, 6.45) is 1.71. The van der Waals surface area contributed by atoms with Crippen molar-refractivity contribution in [2.45, 2.75) is 5.37 Å². The van der Waals surface area contributed by atoms with Gasteiger partial charge in [-0.05, 0) is 36.4 Å². The van der Waals surface area contributed by atoms with Gasteiger partial charge in [-0.2, -0.15) is 0 Å². The number of thiol groups is 1. The Hall–Kier alpha value is -1.55. The van der Waals surface area contributed by atoms with Crippen LogP contribution in [0.2, 0.25) is 0 Å². The second kappa shape index (κ2) is 4.99. The highest BCUT2D eigenvalue weighted by Gasteiger charge is 2.06. The molecule has 1 heterocycles. The van der Waals surface area contributed by atoms with Gasteiger partial charge in [-0.25, -0.2) is 4.39 Å². The summed E-state index contributed by atoms with van der Waals surface area (Å²) in [5.74, 6) is -0.251. The fraction of sp³-hybridized carbons (Fsp3) is 0.0833. The second-order valence-corrected chi connectivity index (χ2v) is 3.82. The van der Waals surface area contributed by atoms with Gasteiger partial charge in [0.25, 0.3) is 0 Å². The molecule has 1 N–H and O–H groups in total. The van der Waals surface area contributed by atoms with E-state index in [2.05, 4.69) is 22.9 Å². The minimum absolute atomic E-state index is 0.202. The van der Waals surface area contributed by atoms with E-state index in [1.165, 1.54) is 12.1 Å². The van der Waals surface area contributed by atoms with E-state index in [-0.39, 0.29) is 11.2 Å². The van der Waals surface area contributed by atoms with E-state index in [1.54, 1.807) is 18.3 Å². The molecule has 1 atom stereocenters. The summed E-state index contributed by atoms with van der Waals surface area (Å²) >= 11 is 4.39. The van der Waals surface area contributed by atoms with Crippen molar-refractivity contribution in [3.05, 3.63) is 60.2 Å². The number of halogens is 1. The predicted octanol–water partition coefficient (Wildman–Crippen LogP) is 3.26. The lowest BCUT2D eigenvalue weighted by molar-refractivity contribution is 0.628. The number of nitrogens with one attached hydrogen (secondary N) is 1. The van der Waals surface area contributed by atoms with Crippen molar-refractivity contribution in [3.63, 3.8) is 0 Å². The van der Waals surface area contributed by atoms with Gasteiger partial charge in [0.05, 0.1) is 5.69 Å². The summed E-state index contributed by atoms with van der Waals surface area (Å²) in [6.45, 7) is 0. The highest BCUT2D eigenvalue weighted by molar-refractivity contribution is 7.80. The Morgan fingerprint density at radius 1 is 1.12 bits per heavy atom. The molecule has 0 radical (unpaired) electrons. The SMILES string of the molecule is Fc1ccc(NC(S)c2ccccn2)cc1. The molecule has 1 unspecified atom stereocenters. The maximum atomic E-state index is 12.7. The van der Waals surface area contributed by atoms with Crippen molar-refractivity contribution in [1.29, 1.82) is 0 Å². The van der Waals surface area contributed by atoms with E-state index in [1.807, 2.05) is 18.2 Å². The van der Waals surface area contributed by atoms with E-state index in [0.717, 1.165) is 11.4 Å². The van der Waals surface area contributed by atoms with Crippen molar-refractivity contribution in [3.8, 4) is 0 Å². The standard InChI is InChI=1S/C12H11FN2S/c13-9-4-6-10(7-5-9)15-12(16)11-3-1-2-8-14-11/h1-8,12,15-16H. The zero-order chi connectivity index (χ0) is 11.4. The summed E-state index contributed by atoms with van der Waals surface area (Å²) in [5.41, 5.74) is 1.64. The lowest BCUT2D eigenvalue weighted by Gasteiger charge is -2.13. The number of nitrogens with zero attached hydrogens (tertiary/aromatic N) is 1. The third-order valence-corrected chi connectivity index (χ3v) is 2.51. The van der Waals surface area contributed by atoms with Crippen LogP contribution < -0.4 is 5.32 Å². The van der Waals surface area contributed by atoms with Crippen molar-refractivity contribution in [2.75, 3.05) is 5.32 Å². The number of hydrogen-bond acceptors (Lipinski definition) is 3. The second-order valence-electron chi connectivity index (χ2n) is 3.31. The molecule has 0 saturated carbocycles. The van der Waals surface area contributed by atoms with Crippen LogP contribution in [0.3, 0.4) is 0 Å². The molecule has 0 aliphatic carbocycles. The summed E-state index contributed by atoms with van der Waals surface area (Å²) in [5, 5.41) is 2.92. The number of aromatic nitrogens is 1. The Morgan fingerprint density at radius 2 is 1.88 bits per heavy atom. The fourth-order valence-electron chi connectivity index (χ4n) is 1.32. The summed E-state index contributed by atoms with van der Waals surface area (Å²) in [4.78, 5) is 4.18. The van der Waals surface area contributed by atoms with Gasteiger partial charge in [0.15, 0.2) is 0 Å². The molecule has 0 bridgehead atoms. The molecule has 1 aromatic heterocycles. The Balaban J connectivity index is 2.08. The first-order valence-electron chi connectivity index (χ1n) is 4.87. The molecule has 2 aromatic rings. The molecule has 0 aliphatic heterocycles. The number of pyridine rings is 1. The van der Waals surface area contributed by atoms with E-state index in [4.69, 9.17) is 0 Å². The Labute approximate surface area is 98.9 Å². The lowest BCUT2D eigenvalue weighted by atomic mass is 10.3. The molecule has 1 aromatic carbocycles. The topological polar surface area (TPSA) is 24.9 Å². The number of hydrogen-bond donors (Lipinski definition) is 2. The van der Waals surface area contributed by atoms with E-state index >= 15 is 0 Å². The van der Waals surface area contributed by atoms with Crippen LogP contribution in [0, 0.1) is 5.82 Å². The molecular formula is C12H11FN2S. The van der Waals surface area contributed by atoms with E-state index < -0.39 is 0 Å². The number of rotatable bonds is 3. The average molecular weight is 234 g/mol. The van der Waals surface area contributed by atoms with Gasteiger partial charge < -0.3 is 5.32 Å². The maximum Gasteiger partial charge on any atom is 0.123 e. The molecule has 2 rings (SSSR count). The molecule has 4 heteroatoms.